The van der Waals surface area contributed by atoms with Crippen LogP contribution in [0.3, 0.4) is 0 Å². The molecule has 0 unspecified atom stereocenters. The van der Waals surface area contributed by atoms with Crippen LogP contribution in [0.15, 0.2) is 47.7 Å². The first-order chi connectivity index (χ1) is 14.1. The summed E-state index contributed by atoms with van der Waals surface area (Å²) in [5, 5.41) is 15.7. The molecule has 1 aliphatic carbocycles. The number of hydrogen-bond donors (Lipinski definition) is 1. The van der Waals surface area contributed by atoms with E-state index in [0.29, 0.717) is 29.2 Å². The van der Waals surface area contributed by atoms with Crippen molar-refractivity contribution in [2.24, 2.45) is 0 Å². The van der Waals surface area contributed by atoms with Gasteiger partial charge in [-0.3, -0.25) is 18.7 Å². The van der Waals surface area contributed by atoms with Gasteiger partial charge in [-0.05, 0) is 55.5 Å². The monoisotopic (exact) mass is 388 g/mol. The van der Waals surface area contributed by atoms with Crippen LogP contribution < -0.4 is 10.7 Å². The van der Waals surface area contributed by atoms with E-state index in [1.165, 1.54) is 18.4 Å². The van der Waals surface area contributed by atoms with Gasteiger partial charge in [-0.15, -0.1) is 10.2 Å². The third-order valence-electron chi connectivity index (χ3n) is 5.30. The molecule has 0 spiro atoms. The van der Waals surface area contributed by atoms with E-state index in [1.54, 1.807) is 29.1 Å². The number of benzene rings is 1. The second-order valence-electron chi connectivity index (χ2n) is 7.38. The first-order valence-corrected chi connectivity index (χ1v) is 9.75. The number of aryl methyl sites for hydroxylation is 1. The first kappa shape index (κ1) is 17.5. The lowest BCUT2D eigenvalue weighted by atomic mass is 10.1. The molecule has 0 atom stereocenters. The fourth-order valence-corrected chi connectivity index (χ4v) is 3.64. The molecule has 3 aromatic heterocycles. The molecule has 0 aliphatic heterocycles. The highest BCUT2D eigenvalue weighted by molar-refractivity contribution is 5.92. The molecule has 0 bridgehead atoms. The highest BCUT2D eigenvalue weighted by Crippen LogP contribution is 2.40. The van der Waals surface area contributed by atoms with Crippen LogP contribution in [0.2, 0.25) is 0 Å². The number of rotatable bonds is 5. The molecular weight excluding hydrogens is 368 g/mol. The molecule has 8 nitrogen and oxygen atoms in total. The number of aromatic nitrogens is 5. The van der Waals surface area contributed by atoms with E-state index in [9.17, 15) is 9.59 Å². The summed E-state index contributed by atoms with van der Waals surface area (Å²) in [5.41, 5.74) is 3.46. The van der Waals surface area contributed by atoms with E-state index in [2.05, 4.69) is 26.7 Å². The Hall–Kier alpha value is -3.55. The maximum Gasteiger partial charge on any atom is 0.230 e. The van der Waals surface area contributed by atoms with Crippen molar-refractivity contribution < 1.29 is 4.79 Å². The second kappa shape index (κ2) is 6.80. The van der Waals surface area contributed by atoms with Gasteiger partial charge >= 0.3 is 0 Å². The van der Waals surface area contributed by atoms with Crippen LogP contribution in [0.4, 0.5) is 5.69 Å². The largest absolute Gasteiger partial charge is 0.324 e. The van der Waals surface area contributed by atoms with Crippen LogP contribution in [0.25, 0.3) is 16.6 Å². The van der Waals surface area contributed by atoms with E-state index in [-0.39, 0.29) is 23.5 Å². The SMILES string of the molecule is CCn1nc(CC(=O)Nc2ccc3nncn3c2)c(=O)c2ccc(C3CC3)cc21. The minimum absolute atomic E-state index is 0.0840. The molecule has 8 heteroatoms. The molecule has 5 rings (SSSR count). The van der Waals surface area contributed by atoms with Crippen molar-refractivity contribution in [3.8, 4) is 0 Å². The number of anilines is 1. The first-order valence-electron chi connectivity index (χ1n) is 9.75. The number of carbonyl (C=O) groups is 1. The summed E-state index contributed by atoms with van der Waals surface area (Å²) in [7, 11) is 0. The lowest BCUT2D eigenvalue weighted by Gasteiger charge is -2.12. The van der Waals surface area contributed by atoms with Gasteiger partial charge in [0, 0.05) is 18.1 Å². The fourth-order valence-electron chi connectivity index (χ4n) is 3.64. The van der Waals surface area contributed by atoms with Gasteiger partial charge in [0.05, 0.1) is 17.6 Å². The van der Waals surface area contributed by atoms with Crippen molar-refractivity contribution >= 4 is 28.1 Å². The average molecular weight is 388 g/mol. The van der Waals surface area contributed by atoms with E-state index in [0.717, 1.165) is 5.52 Å². The Morgan fingerprint density at radius 1 is 1.24 bits per heavy atom. The number of fused-ring (bicyclic) bond motifs is 2. The molecule has 29 heavy (non-hydrogen) atoms. The Balaban J connectivity index is 1.44. The van der Waals surface area contributed by atoms with Gasteiger partial charge in [-0.2, -0.15) is 5.10 Å². The predicted molar refractivity (Wildman–Crippen MR) is 109 cm³/mol. The van der Waals surface area contributed by atoms with Crippen LogP contribution in [-0.4, -0.2) is 30.3 Å². The zero-order valence-corrected chi connectivity index (χ0v) is 16.0. The maximum absolute atomic E-state index is 12.9. The van der Waals surface area contributed by atoms with Crippen LogP contribution in [0.5, 0.6) is 0 Å². The molecule has 146 valence electrons. The smallest absolute Gasteiger partial charge is 0.230 e. The van der Waals surface area contributed by atoms with Gasteiger partial charge < -0.3 is 5.32 Å². The Morgan fingerprint density at radius 3 is 2.90 bits per heavy atom. The van der Waals surface area contributed by atoms with Crippen molar-refractivity contribution in [3.05, 3.63) is 64.3 Å². The Labute approximate surface area is 166 Å². The van der Waals surface area contributed by atoms with Gasteiger partial charge in [0.1, 0.15) is 12.0 Å². The Kier molecular flexibility index (Phi) is 4.12. The van der Waals surface area contributed by atoms with Crippen LogP contribution in [0, 0.1) is 0 Å². The van der Waals surface area contributed by atoms with Crippen molar-refractivity contribution in [3.63, 3.8) is 0 Å². The van der Waals surface area contributed by atoms with Crippen molar-refractivity contribution in [2.75, 3.05) is 5.32 Å². The van der Waals surface area contributed by atoms with Gasteiger partial charge in [0.15, 0.2) is 5.65 Å². The van der Waals surface area contributed by atoms with E-state index >= 15 is 0 Å². The molecular formula is C21H20N6O2. The molecule has 1 fully saturated rings. The molecule has 0 saturated heterocycles. The lowest BCUT2D eigenvalue weighted by molar-refractivity contribution is -0.115. The van der Waals surface area contributed by atoms with Crippen molar-refractivity contribution in [1.82, 2.24) is 24.4 Å². The highest BCUT2D eigenvalue weighted by atomic mass is 16.1. The number of carbonyl (C=O) groups excluding carboxylic acids is 1. The summed E-state index contributed by atoms with van der Waals surface area (Å²) in [6, 6.07) is 9.49. The topological polar surface area (TPSA) is 94.2 Å². The van der Waals surface area contributed by atoms with Gasteiger partial charge in [-0.25, -0.2) is 0 Å². The normalized spacial score (nSPS) is 13.8. The Bertz CT molecular complexity index is 1300. The summed E-state index contributed by atoms with van der Waals surface area (Å²) in [4.78, 5) is 25.5. The standard InChI is InChI=1S/C21H20N6O2/c1-2-27-18-9-14(13-3-4-13)5-7-16(18)21(29)17(25-27)10-20(28)23-15-6-8-19-24-22-12-26(19)11-15/h5-9,11-13H,2-4,10H2,1H3,(H,23,28). The summed E-state index contributed by atoms with van der Waals surface area (Å²) in [5.74, 6) is 0.312. The summed E-state index contributed by atoms with van der Waals surface area (Å²) in [6.45, 7) is 2.61. The molecule has 1 amide bonds. The fraction of sp³-hybridized carbons (Fsp3) is 0.286. The molecule has 4 aromatic rings. The van der Waals surface area contributed by atoms with E-state index < -0.39 is 0 Å². The molecule has 1 saturated carbocycles. The molecule has 1 aromatic carbocycles. The van der Waals surface area contributed by atoms with E-state index in [1.807, 2.05) is 23.7 Å². The molecule has 1 aliphatic rings. The number of pyridine rings is 1. The molecule has 0 radical (unpaired) electrons. The van der Waals surface area contributed by atoms with Crippen molar-refractivity contribution in [2.45, 2.75) is 38.6 Å². The highest BCUT2D eigenvalue weighted by Gasteiger charge is 2.24. The minimum Gasteiger partial charge on any atom is -0.324 e. The maximum atomic E-state index is 12.9. The summed E-state index contributed by atoms with van der Waals surface area (Å²) >= 11 is 0. The van der Waals surface area contributed by atoms with Gasteiger partial charge in [-0.1, -0.05) is 6.07 Å². The Morgan fingerprint density at radius 2 is 2.10 bits per heavy atom. The summed E-state index contributed by atoms with van der Waals surface area (Å²) in [6.07, 6.45) is 5.61. The zero-order chi connectivity index (χ0) is 20.0. The summed E-state index contributed by atoms with van der Waals surface area (Å²) < 4.78 is 3.53. The van der Waals surface area contributed by atoms with Crippen molar-refractivity contribution in [1.29, 1.82) is 0 Å². The number of nitrogens with zero attached hydrogens (tertiary/aromatic N) is 5. The third-order valence-corrected chi connectivity index (χ3v) is 5.30. The number of hydrogen-bond acceptors (Lipinski definition) is 5. The zero-order valence-electron chi connectivity index (χ0n) is 16.0. The van der Waals surface area contributed by atoms with Crippen LogP contribution in [0.1, 0.15) is 36.9 Å². The molecule has 3 heterocycles. The lowest BCUT2D eigenvalue weighted by Crippen LogP contribution is -2.24. The minimum atomic E-state index is -0.293. The second-order valence-corrected chi connectivity index (χ2v) is 7.38. The van der Waals surface area contributed by atoms with Gasteiger partial charge in [0.25, 0.3) is 0 Å². The van der Waals surface area contributed by atoms with Gasteiger partial charge in [0.2, 0.25) is 11.3 Å². The predicted octanol–water partition coefficient (Wildman–Crippen LogP) is 2.52. The molecule has 1 N–H and O–H groups in total. The van der Waals surface area contributed by atoms with Crippen LogP contribution >= 0.6 is 0 Å². The quantitative estimate of drug-likeness (QED) is 0.567. The third kappa shape index (κ3) is 3.26. The van der Waals surface area contributed by atoms with Crippen LogP contribution in [-0.2, 0) is 17.8 Å². The number of amides is 1. The average Bonchev–Trinajstić information content (AvgIpc) is 3.47. The van der Waals surface area contributed by atoms with E-state index in [4.69, 9.17) is 0 Å². The number of nitrogens with one attached hydrogen (secondary N) is 1.